The molecule has 1 aromatic carbocycles. The monoisotopic (exact) mass is 323 g/mol. The van der Waals surface area contributed by atoms with Crippen molar-refractivity contribution >= 4 is 21.6 Å². The van der Waals surface area contributed by atoms with Gasteiger partial charge >= 0.3 is 0 Å². The topological polar surface area (TPSA) is 60.9 Å². The van der Waals surface area contributed by atoms with E-state index in [0.717, 1.165) is 13.1 Å². The molecule has 0 radical (unpaired) electrons. The summed E-state index contributed by atoms with van der Waals surface area (Å²) >= 11 is 0. The molecule has 2 heterocycles. The van der Waals surface area contributed by atoms with E-state index in [0.29, 0.717) is 26.2 Å². The van der Waals surface area contributed by atoms with Crippen LogP contribution < -0.4 is 4.90 Å². The molecule has 0 N–H and O–H groups in total. The maximum atomic E-state index is 12.4. The summed E-state index contributed by atoms with van der Waals surface area (Å²) in [6, 6.07) is 10.2. The van der Waals surface area contributed by atoms with Crippen LogP contribution in [0.1, 0.15) is 0 Å². The van der Waals surface area contributed by atoms with Crippen molar-refractivity contribution < 1.29 is 13.2 Å². The Bertz CT molecular complexity index is 633. The van der Waals surface area contributed by atoms with E-state index in [-0.39, 0.29) is 11.8 Å². The van der Waals surface area contributed by atoms with Crippen LogP contribution in [0.4, 0.5) is 5.69 Å². The van der Waals surface area contributed by atoms with Gasteiger partial charge in [0.1, 0.15) is 0 Å². The molecule has 120 valence electrons. The molecule has 6 nitrogen and oxygen atoms in total. The molecule has 2 aliphatic heterocycles. The van der Waals surface area contributed by atoms with Crippen LogP contribution in [0.5, 0.6) is 0 Å². The Balaban J connectivity index is 1.51. The number of rotatable bonds is 3. The third kappa shape index (κ3) is 3.10. The third-order valence-corrected chi connectivity index (χ3v) is 5.62. The van der Waals surface area contributed by atoms with Gasteiger partial charge in [0, 0.05) is 45.0 Å². The van der Waals surface area contributed by atoms with Gasteiger partial charge in [0.15, 0.2) is 0 Å². The minimum Gasteiger partial charge on any atom is -0.368 e. The van der Waals surface area contributed by atoms with Crippen LogP contribution in [0.2, 0.25) is 0 Å². The fourth-order valence-electron chi connectivity index (χ4n) is 2.95. The molecule has 0 aliphatic carbocycles. The number of carbonyl (C=O) groups is 1. The number of anilines is 1. The Kier molecular flexibility index (Phi) is 4.10. The van der Waals surface area contributed by atoms with Crippen molar-refractivity contribution in [2.75, 3.05) is 50.4 Å². The molecule has 2 saturated heterocycles. The molecule has 0 spiro atoms. The number of sulfonamides is 1. The van der Waals surface area contributed by atoms with Gasteiger partial charge in [0.2, 0.25) is 15.9 Å². The average Bonchev–Trinajstić information content (AvgIpc) is 2.45. The van der Waals surface area contributed by atoms with Crippen molar-refractivity contribution in [3.05, 3.63) is 30.3 Å². The van der Waals surface area contributed by atoms with E-state index in [1.165, 1.54) is 16.2 Å². The lowest BCUT2D eigenvalue weighted by atomic mass is 10.0. The Morgan fingerprint density at radius 2 is 1.64 bits per heavy atom. The Hall–Kier alpha value is -1.60. The Labute approximate surface area is 131 Å². The third-order valence-electron chi connectivity index (χ3n) is 4.38. The first kappa shape index (κ1) is 15.3. The van der Waals surface area contributed by atoms with Crippen LogP contribution in [0.15, 0.2) is 30.3 Å². The van der Waals surface area contributed by atoms with Gasteiger partial charge in [-0.1, -0.05) is 18.2 Å². The molecule has 22 heavy (non-hydrogen) atoms. The lowest BCUT2D eigenvalue weighted by molar-refractivity contribution is -0.139. The molecule has 0 atom stereocenters. The number of hydrogen-bond acceptors (Lipinski definition) is 4. The van der Waals surface area contributed by atoms with Crippen molar-refractivity contribution in [1.82, 2.24) is 9.21 Å². The average molecular weight is 323 g/mol. The number of benzene rings is 1. The summed E-state index contributed by atoms with van der Waals surface area (Å²) in [5.41, 5.74) is 1.18. The predicted molar refractivity (Wildman–Crippen MR) is 85.1 cm³/mol. The highest BCUT2D eigenvalue weighted by molar-refractivity contribution is 7.88. The number of hydrogen-bond donors (Lipinski definition) is 0. The maximum absolute atomic E-state index is 12.4. The van der Waals surface area contributed by atoms with Gasteiger partial charge in [-0.15, -0.1) is 0 Å². The lowest BCUT2D eigenvalue weighted by Crippen LogP contribution is -2.58. The van der Waals surface area contributed by atoms with E-state index < -0.39 is 10.0 Å². The van der Waals surface area contributed by atoms with Gasteiger partial charge in [0.05, 0.1) is 12.2 Å². The molecule has 2 fully saturated rings. The number of carbonyl (C=O) groups excluding carboxylic acids is 1. The van der Waals surface area contributed by atoms with E-state index in [4.69, 9.17) is 0 Å². The molecule has 1 aromatic rings. The molecule has 1 amide bonds. The fraction of sp³-hybridized carbons (Fsp3) is 0.533. The van der Waals surface area contributed by atoms with Crippen LogP contribution >= 0.6 is 0 Å². The zero-order chi connectivity index (χ0) is 15.7. The number of nitrogens with zero attached hydrogens (tertiary/aromatic N) is 3. The van der Waals surface area contributed by atoms with Crippen molar-refractivity contribution in [2.24, 2.45) is 5.92 Å². The second-order valence-electron chi connectivity index (χ2n) is 5.92. The van der Waals surface area contributed by atoms with E-state index in [2.05, 4.69) is 17.0 Å². The number of amides is 1. The molecular formula is C15H21N3O3S. The fourth-order valence-corrected chi connectivity index (χ4v) is 3.85. The van der Waals surface area contributed by atoms with E-state index in [1.54, 1.807) is 0 Å². The van der Waals surface area contributed by atoms with Crippen LogP contribution in [0.3, 0.4) is 0 Å². The molecule has 7 heteroatoms. The summed E-state index contributed by atoms with van der Waals surface area (Å²) in [6.07, 6.45) is 1.19. The van der Waals surface area contributed by atoms with Crippen LogP contribution in [0.25, 0.3) is 0 Å². The van der Waals surface area contributed by atoms with Crippen molar-refractivity contribution in [3.63, 3.8) is 0 Å². The first-order valence-corrected chi connectivity index (χ1v) is 9.34. The van der Waals surface area contributed by atoms with Gasteiger partial charge < -0.3 is 9.80 Å². The van der Waals surface area contributed by atoms with E-state index >= 15 is 0 Å². The molecular weight excluding hydrogens is 302 g/mol. The zero-order valence-corrected chi connectivity index (χ0v) is 13.5. The Morgan fingerprint density at radius 1 is 1.05 bits per heavy atom. The summed E-state index contributed by atoms with van der Waals surface area (Å²) in [6.45, 7) is 3.69. The second-order valence-corrected chi connectivity index (χ2v) is 7.91. The highest BCUT2D eigenvalue weighted by Gasteiger charge is 2.40. The minimum absolute atomic E-state index is 0.0904. The summed E-state index contributed by atoms with van der Waals surface area (Å²) in [5.74, 6) is -0.0781. The van der Waals surface area contributed by atoms with Crippen molar-refractivity contribution in [2.45, 2.75) is 0 Å². The molecule has 0 bridgehead atoms. The standard InChI is InChI=1S/C15H21N3O3S/c1-22(20,21)18-11-13(12-18)15(19)17-9-7-16(8-10-17)14-5-3-2-4-6-14/h2-6,13H,7-12H2,1H3. The highest BCUT2D eigenvalue weighted by atomic mass is 32.2. The number of piperazine rings is 1. The molecule has 0 unspecified atom stereocenters. The summed E-state index contributed by atoms with van der Waals surface area (Å²) in [5, 5.41) is 0. The molecule has 0 saturated carbocycles. The predicted octanol–water partition coefficient (Wildman–Crippen LogP) is 0.227. The first-order valence-electron chi connectivity index (χ1n) is 7.49. The SMILES string of the molecule is CS(=O)(=O)N1CC(C(=O)N2CCN(c3ccccc3)CC2)C1. The summed E-state index contributed by atoms with van der Waals surface area (Å²) in [7, 11) is -3.15. The first-order chi connectivity index (χ1) is 10.4. The normalized spacial score (nSPS) is 20.8. The van der Waals surface area contributed by atoms with E-state index in [9.17, 15) is 13.2 Å². The Morgan fingerprint density at radius 3 is 2.18 bits per heavy atom. The van der Waals surface area contributed by atoms with Crippen molar-refractivity contribution in [1.29, 1.82) is 0 Å². The molecule has 0 aromatic heterocycles. The minimum atomic E-state index is -3.15. The smallest absolute Gasteiger partial charge is 0.228 e. The van der Waals surface area contributed by atoms with Crippen LogP contribution in [-0.4, -0.2) is 69.1 Å². The maximum Gasteiger partial charge on any atom is 0.228 e. The van der Waals surface area contributed by atoms with Gasteiger partial charge in [-0.2, -0.15) is 0 Å². The summed E-state index contributed by atoms with van der Waals surface area (Å²) in [4.78, 5) is 16.5. The summed E-state index contributed by atoms with van der Waals surface area (Å²) < 4.78 is 24.1. The van der Waals surface area contributed by atoms with Crippen LogP contribution in [-0.2, 0) is 14.8 Å². The second kappa shape index (κ2) is 5.89. The van der Waals surface area contributed by atoms with E-state index in [1.807, 2.05) is 23.1 Å². The largest absolute Gasteiger partial charge is 0.368 e. The highest BCUT2D eigenvalue weighted by Crippen LogP contribution is 2.22. The van der Waals surface area contributed by atoms with Gasteiger partial charge in [-0.25, -0.2) is 12.7 Å². The van der Waals surface area contributed by atoms with Gasteiger partial charge in [-0.05, 0) is 12.1 Å². The quantitative estimate of drug-likeness (QED) is 0.799. The van der Waals surface area contributed by atoms with Gasteiger partial charge in [0.25, 0.3) is 0 Å². The van der Waals surface area contributed by atoms with Gasteiger partial charge in [-0.3, -0.25) is 4.79 Å². The molecule has 3 rings (SSSR count). The van der Waals surface area contributed by atoms with Crippen molar-refractivity contribution in [3.8, 4) is 0 Å². The lowest BCUT2D eigenvalue weighted by Gasteiger charge is -2.42. The van der Waals surface area contributed by atoms with Crippen LogP contribution in [0, 0.1) is 5.92 Å². The number of para-hydroxylation sites is 1. The molecule has 2 aliphatic rings. The zero-order valence-electron chi connectivity index (χ0n) is 12.7.